The molecular formula is C13H16ClN3OS2. The summed E-state index contributed by atoms with van der Waals surface area (Å²) in [7, 11) is 0. The van der Waals surface area contributed by atoms with Crippen molar-refractivity contribution in [2.45, 2.75) is 4.90 Å². The van der Waals surface area contributed by atoms with E-state index in [1.165, 1.54) is 4.90 Å². The van der Waals surface area contributed by atoms with Crippen LogP contribution in [0.15, 0.2) is 29.2 Å². The molecular weight excluding hydrogens is 314 g/mol. The maximum absolute atomic E-state index is 11.3. The summed E-state index contributed by atoms with van der Waals surface area (Å²) in [5.74, 6) is 0.929. The minimum Gasteiger partial charge on any atom is -0.362 e. The highest BCUT2D eigenvalue weighted by Crippen LogP contribution is 2.19. The summed E-state index contributed by atoms with van der Waals surface area (Å²) in [6.07, 6.45) is 0. The van der Waals surface area contributed by atoms with Gasteiger partial charge in [-0.3, -0.25) is 4.79 Å². The lowest BCUT2D eigenvalue weighted by Crippen LogP contribution is -2.53. The second-order valence-corrected chi connectivity index (χ2v) is 6.30. The minimum atomic E-state index is 0.0240. The van der Waals surface area contributed by atoms with Crippen molar-refractivity contribution in [1.29, 1.82) is 0 Å². The molecule has 0 spiro atoms. The molecule has 0 atom stereocenters. The Balaban J connectivity index is 1.66. The van der Waals surface area contributed by atoms with Gasteiger partial charge in [-0.25, -0.2) is 0 Å². The van der Waals surface area contributed by atoms with Gasteiger partial charge in [0, 0.05) is 35.3 Å². The van der Waals surface area contributed by atoms with Gasteiger partial charge in [-0.2, -0.15) is 0 Å². The van der Waals surface area contributed by atoms with Crippen molar-refractivity contribution in [2.24, 2.45) is 0 Å². The second-order valence-electron chi connectivity index (χ2n) is 4.31. The average Bonchev–Trinajstić information content (AvgIpc) is 2.45. The SMILES string of the molecule is O=C1CN(C(=S)NCCSc2ccc(Cl)cc2)CCN1. The monoisotopic (exact) mass is 329 g/mol. The number of carbonyl (C=O) groups excluding carboxylic acids is 1. The van der Waals surface area contributed by atoms with Gasteiger partial charge < -0.3 is 15.5 Å². The van der Waals surface area contributed by atoms with Crippen LogP contribution in [0.25, 0.3) is 0 Å². The van der Waals surface area contributed by atoms with E-state index in [1.54, 1.807) is 11.8 Å². The van der Waals surface area contributed by atoms with E-state index >= 15 is 0 Å². The predicted octanol–water partition coefficient (Wildman–Crippen LogP) is 1.74. The lowest BCUT2D eigenvalue weighted by atomic mass is 10.4. The fourth-order valence-corrected chi connectivity index (χ4v) is 2.93. The van der Waals surface area contributed by atoms with Crippen molar-refractivity contribution >= 4 is 46.6 Å². The molecule has 1 aliphatic rings. The van der Waals surface area contributed by atoms with Crippen LogP contribution in [-0.4, -0.2) is 47.9 Å². The van der Waals surface area contributed by atoms with Crippen LogP contribution in [-0.2, 0) is 4.79 Å². The molecule has 20 heavy (non-hydrogen) atoms. The lowest BCUT2D eigenvalue weighted by Gasteiger charge is -2.29. The first-order chi connectivity index (χ1) is 9.65. The van der Waals surface area contributed by atoms with E-state index in [2.05, 4.69) is 10.6 Å². The highest BCUT2D eigenvalue weighted by atomic mass is 35.5. The smallest absolute Gasteiger partial charge is 0.239 e. The molecule has 0 unspecified atom stereocenters. The summed E-state index contributed by atoms with van der Waals surface area (Å²) in [4.78, 5) is 14.3. The van der Waals surface area contributed by atoms with Crippen LogP contribution in [0.5, 0.6) is 0 Å². The van der Waals surface area contributed by atoms with Crippen molar-refractivity contribution in [2.75, 3.05) is 31.9 Å². The number of amides is 1. The van der Waals surface area contributed by atoms with E-state index in [9.17, 15) is 4.79 Å². The van der Waals surface area contributed by atoms with Crippen molar-refractivity contribution in [3.05, 3.63) is 29.3 Å². The second kappa shape index (κ2) is 7.71. The van der Waals surface area contributed by atoms with Crippen LogP contribution in [0.1, 0.15) is 0 Å². The molecule has 1 aromatic rings. The Kier molecular flexibility index (Phi) is 5.94. The van der Waals surface area contributed by atoms with Crippen LogP contribution < -0.4 is 10.6 Å². The normalized spacial score (nSPS) is 14.8. The number of rotatable bonds is 4. The van der Waals surface area contributed by atoms with Gasteiger partial charge in [0.1, 0.15) is 0 Å². The third-order valence-corrected chi connectivity index (χ3v) is 4.45. The first-order valence-electron chi connectivity index (χ1n) is 6.33. The summed E-state index contributed by atoms with van der Waals surface area (Å²) in [6.45, 7) is 2.53. The molecule has 2 rings (SSSR count). The van der Waals surface area contributed by atoms with E-state index in [4.69, 9.17) is 23.8 Å². The summed E-state index contributed by atoms with van der Waals surface area (Å²) < 4.78 is 0. The number of benzene rings is 1. The zero-order chi connectivity index (χ0) is 14.4. The van der Waals surface area contributed by atoms with Gasteiger partial charge >= 0.3 is 0 Å². The number of nitrogens with zero attached hydrogens (tertiary/aromatic N) is 1. The Bertz CT molecular complexity index is 481. The van der Waals surface area contributed by atoms with Crippen molar-refractivity contribution in [3.8, 4) is 0 Å². The minimum absolute atomic E-state index is 0.0240. The fraction of sp³-hybridized carbons (Fsp3) is 0.385. The van der Waals surface area contributed by atoms with Gasteiger partial charge in [-0.1, -0.05) is 11.6 Å². The maximum atomic E-state index is 11.3. The largest absolute Gasteiger partial charge is 0.362 e. The highest BCUT2D eigenvalue weighted by Gasteiger charge is 2.17. The van der Waals surface area contributed by atoms with Gasteiger partial charge in [0.05, 0.1) is 6.54 Å². The molecule has 0 radical (unpaired) electrons. The van der Waals surface area contributed by atoms with Gasteiger partial charge in [0.15, 0.2) is 5.11 Å². The van der Waals surface area contributed by atoms with E-state index in [0.29, 0.717) is 18.2 Å². The number of piperazine rings is 1. The van der Waals surface area contributed by atoms with Crippen molar-refractivity contribution in [1.82, 2.24) is 15.5 Å². The molecule has 2 N–H and O–H groups in total. The first-order valence-corrected chi connectivity index (χ1v) is 8.10. The molecule has 0 aromatic heterocycles. The molecule has 108 valence electrons. The molecule has 0 aliphatic carbocycles. The molecule has 1 amide bonds. The van der Waals surface area contributed by atoms with E-state index in [1.807, 2.05) is 29.2 Å². The van der Waals surface area contributed by atoms with E-state index in [-0.39, 0.29) is 5.91 Å². The van der Waals surface area contributed by atoms with Gasteiger partial charge in [-0.15, -0.1) is 11.8 Å². The third-order valence-electron chi connectivity index (χ3n) is 2.79. The summed E-state index contributed by atoms with van der Waals surface area (Å²) in [5, 5.41) is 7.36. The Labute approximate surface area is 133 Å². The standard InChI is InChI=1S/C13H16ClN3OS2/c14-10-1-3-11(4-2-10)20-8-6-16-13(19)17-7-5-15-12(18)9-17/h1-4H,5-9H2,(H,15,18)(H,16,19). The van der Waals surface area contributed by atoms with E-state index in [0.717, 1.165) is 23.9 Å². The summed E-state index contributed by atoms with van der Waals surface area (Å²) in [6, 6.07) is 7.77. The first kappa shape index (κ1) is 15.4. The molecule has 1 fully saturated rings. The molecule has 0 bridgehead atoms. The number of nitrogens with one attached hydrogen (secondary N) is 2. The van der Waals surface area contributed by atoms with Gasteiger partial charge in [0.2, 0.25) is 5.91 Å². The molecule has 1 aliphatic heterocycles. The highest BCUT2D eigenvalue weighted by molar-refractivity contribution is 7.99. The summed E-state index contributed by atoms with van der Waals surface area (Å²) >= 11 is 12.9. The quantitative estimate of drug-likeness (QED) is 0.500. The van der Waals surface area contributed by atoms with Crippen LogP contribution in [0.3, 0.4) is 0 Å². The molecule has 1 aromatic carbocycles. The number of hydrogen-bond donors (Lipinski definition) is 2. The molecule has 7 heteroatoms. The van der Waals surface area contributed by atoms with Crippen LogP contribution in [0.2, 0.25) is 5.02 Å². The fourth-order valence-electron chi connectivity index (χ4n) is 1.78. The zero-order valence-electron chi connectivity index (χ0n) is 10.9. The molecule has 0 saturated carbocycles. The van der Waals surface area contributed by atoms with Crippen LogP contribution in [0.4, 0.5) is 0 Å². The van der Waals surface area contributed by atoms with Gasteiger partial charge in [0.25, 0.3) is 0 Å². The topological polar surface area (TPSA) is 44.4 Å². The lowest BCUT2D eigenvalue weighted by molar-refractivity contribution is -0.122. The van der Waals surface area contributed by atoms with Crippen molar-refractivity contribution in [3.63, 3.8) is 0 Å². The molecule has 4 nitrogen and oxygen atoms in total. The van der Waals surface area contributed by atoms with Crippen molar-refractivity contribution < 1.29 is 4.79 Å². The Morgan fingerprint density at radius 1 is 1.45 bits per heavy atom. The average molecular weight is 330 g/mol. The number of thiocarbonyl (C=S) groups is 1. The molecule has 1 saturated heterocycles. The number of hydrogen-bond acceptors (Lipinski definition) is 3. The molecule has 1 heterocycles. The Morgan fingerprint density at radius 2 is 2.20 bits per heavy atom. The van der Waals surface area contributed by atoms with Crippen LogP contribution in [0, 0.1) is 0 Å². The Morgan fingerprint density at radius 3 is 2.90 bits per heavy atom. The number of halogens is 1. The maximum Gasteiger partial charge on any atom is 0.239 e. The third kappa shape index (κ3) is 4.85. The number of thioether (sulfide) groups is 1. The zero-order valence-corrected chi connectivity index (χ0v) is 13.3. The van der Waals surface area contributed by atoms with Crippen LogP contribution >= 0.6 is 35.6 Å². The summed E-state index contributed by atoms with van der Waals surface area (Å²) in [5.41, 5.74) is 0. The van der Waals surface area contributed by atoms with Gasteiger partial charge in [-0.05, 0) is 36.5 Å². The number of carbonyl (C=O) groups is 1. The van der Waals surface area contributed by atoms with E-state index < -0.39 is 0 Å². The predicted molar refractivity (Wildman–Crippen MR) is 87.4 cm³/mol. The Hall–Kier alpha value is -0.980.